The molecule has 1 atom stereocenters. The number of piperidine rings is 1. The van der Waals surface area contributed by atoms with Gasteiger partial charge in [0.15, 0.2) is 0 Å². The maximum Gasteiger partial charge on any atom is 0.0461 e. The Labute approximate surface area is 127 Å². The lowest BCUT2D eigenvalue weighted by Crippen LogP contribution is -2.32. The maximum absolute atomic E-state index is 4.44. The van der Waals surface area contributed by atoms with Crippen molar-refractivity contribution in [2.24, 2.45) is 5.92 Å². The third-order valence-electron chi connectivity index (χ3n) is 4.78. The van der Waals surface area contributed by atoms with Crippen LogP contribution in [0.2, 0.25) is 0 Å². The van der Waals surface area contributed by atoms with Gasteiger partial charge >= 0.3 is 0 Å². The Balaban J connectivity index is 1.98. The first-order chi connectivity index (χ1) is 10.1. The van der Waals surface area contributed by atoms with Crippen molar-refractivity contribution in [3.63, 3.8) is 0 Å². The van der Waals surface area contributed by atoms with Gasteiger partial charge in [-0.25, -0.2) is 0 Å². The monoisotopic (exact) mass is 280 g/mol. The van der Waals surface area contributed by atoms with Gasteiger partial charge < -0.3 is 9.88 Å². The largest absolute Gasteiger partial charge is 0.355 e. The summed E-state index contributed by atoms with van der Waals surface area (Å²) in [7, 11) is 2.19. The highest BCUT2D eigenvalue weighted by Crippen LogP contribution is 2.36. The molecule has 1 saturated heterocycles. The topological polar surface area (TPSA) is 19.0 Å². The van der Waals surface area contributed by atoms with E-state index in [1.807, 2.05) is 0 Å². The number of hydrogen-bond donors (Lipinski definition) is 1. The molecule has 0 saturated carbocycles. The van der Waals surface area contributed by atoms with Crippen LogP contribution in [0.15, 0.2) is 42.5 Å². The van der Waals surface area contributed by atoms with E-state index >= 15 is 0 Å². The number of likely N-dealkylation sites (tertiary alicyclic amines) is 1. The van der Waals surface area contributed by atoms with E-state index in [-0.39, 0.29) is 0 Å². The third-order valence-corrected chi connectivity index (χ3v) is 4.78. The molecule has 0 spiro atoms. The summed E-state index contributed by atoms with van der Waals surface area (Å²) in [6.07, 6.45) is 3.42. The van der Waals surface area contributed by atoms with Crippen molar-refractivity contribution in [1.29, 1.82) is 0 Å². The summed E-state index contributed by atoms with van der Waals surface area (Å²) in [4.78, 5) is 5.96. The van der Waals surface area contributed by atoms with Crippen molar-refractivity contribution in [3.8, 4) is 0 Å². The minimum atomic E-state index is 0.470. The summed E-state index contributed by atoms with van der Waals surface area (Å²) >= 11 is 0. The Morgan fingerprint density at radius 1 is 1.38 bits per heavy atom. The van der Waals surface area contributed by atoms with E-state index in [1.54, 1.807) is 0 Å². The van der Waals surface area contributed by atoms with Crippen LogP contribution in [0.3, 0.4) is 0 Å². The number of nitrogens with one attached hydrogen (secondary N) is 1. The number of H-pyrrole nitrogens is 1. The van der Waals surface area contributed by atoms with Crippen LogP contribution >= 0.6 is 0 Å². The van der Waals surface area contributed by atoms with Gasteiger partial charge in [0.2, 0.25) is 0 Å². The number of fused-ring (bicyclic) bond motifs is 1. The number of aryl methyl sites for hydroxylation is 1. The predicted octanol–water partition coefficient (Wildman–Crippen LogP) is 4.39. The molecule has 0 aliphatic carbocycles. The van der Waals surface area contributed by atoms with E-state index in [1.165, 1.54) is 33.3 Å². The zero-order valence-electron chi connectivity index (χ0n) is 13.2. The SMILES string of the molecule is C=C(c1[nH]c2ccccc2c1C)C1CCN(C)C/C1=C/C. The number of allylic oxidation sites excluding steroid dienone is 2. The Kier molecular flexibility index (Phi) is 3.73. The van der Waals surface area contributed by atoms with E-state index in [0.717, 1.165) is 19.5 Å². The second kappa shape index (κ2) is 5.53. The molecule has 110 valence electrons. The van der Waals surface area contributed by atoms with Crippen LogP contribution in [-0.2, 0) is 0 Å². The number of nitrogens with zero attached hydrogens (tertiary/aromatic N) is 1. The van der Waals surface area contributed by atoms with Gasteiger partial charge in [-0.3, -0.25) is 0 Å². The summed E-state index contributed by atoms with van der Waals surface area (Å²) in [6, 6.07) is 8.51. The Morgan fingerprint density at radius 2 is 2.14 bits per heavy atom. The molecule has 0 bridgehead atoms. The average Bonchev–Trinajstić information content (AvgIpc) is 2.84. The van der Waals surface area contributed by atoms with Gasteiger partial charge in [0.25, 0.3) is 0 Å². The zero-order chi connectivity index (χ0) is 15.0. The first-order valence-electron chi connectivity index (χ1n) is 7.72. The van der Waals surface area contributed by atoms with Crippen molar-refractivity contribution in [2.75, 3.05) is 20.1 Å². The molecule has 2 aromatic rings. The van der Waals surface area contributed by atoms with Gasteiger partial charge in [0.05, 0.1) is 0 Å². The molecule has 0 amide bonds. The van der Waals surface area contributed by atoms with Gasteiger partial charge in [-0.15, -0.1) is 0 Å². The first kappa shape index (κ1) is 14.2. The highest BCUT2D eigenvalue weighted by atomic mass is 15.1. The second-order valence-electron chi connectivity index (χ2n) is 6.14. The fourth-order valence-electron chi connectivity index (χ4n) is 3.50. The lowest BCUT2D eigenvalue weighted by Gasteiger charge is -2.33. The molecule has 1 aliphatic heterocycles. The standard InChI is InChI=1S/C19H24N2/c1-5-15-12-21(4)11-10-16(15)13(2)19-14(3)17-8-6-7-9-18(17)20-19/h5-9,16,20H,2,10-12H2,1,3-4H3/b15-5-. The van der Waals surface area contributed by atoms with Crippen molar-refractivity contribution < 1.29 is 0 Å². The molecule has 1 aromatic heterocycles. The normalized spacial score (nSPS) is 22.0. The van der Waals surface area contributed by atoms with Crippen LogP contribution in [-0.4, -0.2) is 30.0 Å². The zero-order valence-corrected chi connectivity index (χ0v) is 13.2. The molecule has 3 rings (SSSR count). The summed E-state index contributed by atoms with van der Waals surface area (Å²) in [5, 5.41) is 1.31. The van der Waals surface area contributed by atoms with Crippen LogP contribution in [0.1, 0.15) is 24.6 Å². The lowest BCUT2D eigenvalue weighted by molar-refractivity contribution is 0.301. The molecule has 2 heteroatoms. The number of para-hydroxylation sites is 1. The Hall–Kier alpha value is -1.80. The molecule has 2 nitrogen and oxygen atoms in total. The molecule has 1 N–H and O–H groups in total. The number of likely N-dealkylation sites (N-methyl/N-ethyl adjacent to an activating group) is 1. The highest BCUT2D eigenvalue weighted by Gasteiger charge is 2.26. The summed E-state index contributed by atoms with van der Waals surface area (Å²) in [5.41, 5.74) is 6.49. The van der Waals surface area contributed by atoms with E-state index in [0.29, 0.717) is 5.92 Å². The van der Waals surface area contributed by atoms with Crippen molar-refractivity contribution in [1.82, 2.24) is 9.88 Å². The summed E-state index contributed by atoms with van der Waals surface area (Å²) < 4.78 is 0. The van der Waals surface area contributed by atoms with Crippen LogP contribution in [0, 0.1) is 12.8 Å². The molecule has 1 fully saturated rings. The van der Waals surface area contributed by atoms with Gasteiger partial charge in [0.1, 0.15) is 0 Å². The van der Waals surface area contributed by atoms with Gasteiger partial charge in [-0.1, -0.05) is 36.4 Å². The van der Waals surface area contributed by atoms with Crippen molar-refractivity contribution in [3.05, 3.63) is 53.8 Å². The number of aromatic amines is 1. The number of hydrogen-bond acceptors (Lipinski definition) is 1. The van der Waals surface area contributed by atoms with Gasteiger partial charge in [-0.05, 0) is 51.1 Å². The molecule has 2 heterocycles. The maximum atomic E-state index is 4.44. The smallest absolute Gasteiger partial charge is 0.0461 e. The van der Waals surface area contributed by atoms with Crippen LogP contribution in [0.4, 0.5) is 0 Å². The Bertz CT molecular complexity index is 705. The molecule has 1 aromatic carbocycles. The quantitative estimate of drug-likeness (QED) is 0.808. The average molecular weight is 280 g/mol. The Morgan fingerprint density at radius 3 is 2.86 bits per heavy atom. The number of aromatic nitrogens is 1. The van der Waals surface area contributed by atoms with Gasteiger partial charge in [0, 0.05) is 29.1 Å². The first-order valence-corrected chi connectivity index (χ1v) is 7.72. The minimum absolute atomic E-state index is 0.470. The molecule has 1 unspecified atom stereocenters. The van der Waals surface area contributed by atoms with Crippen molar-refractivity contribution >= 4 is 16.5 Å². The fraction of sp³-hybridized carbons (Fsp3) is 0.368. The summed E-state index contributed by atoms with van der Waals surface area (Å²) in [6.45, 7) is 11.0. The van der Waals surface area contributed by atoms with Crippen LogP contribution in [0.25, 0.3) is 16.5 Å². The van der Waals surface area contributed by atoms with Crippen molar-refractivity contribution in [2.45, 2.75) is 20.3 Å². The molecule has 21 heavy (non-hydrogen) atoms. The summed E-state index contributed by atoms with van der Waals surface area (Å²) in [5.74, 6) is 0.470. The van der Waals surface area contributed by atoms with Gasteiger partial charge in [-0.2, -0.15) is 0 Å². The van der Waals surface area contributed by atoms with E-state index in [2.05, 4.69) is 67.7 Å². The highest BCUT2D eigenvalue weighted by molar-refractivity contribution is 5.89. The molecule has 0 radical (unpaired) electrons. The minimum Gasteiger partial charge on any atom is -0.355 e. The molecular formula is C19H24N2. The number of benzene rings is 1. The van der Waals surface area contributed by atoms with E-state index in [4.69, 9.17) is 0 Å². The van der Waals surface area contributed by atoms with Crippen LogP contribution in [0.5, 0.6) is 0 Å². The second-order valence-corrected chi connectivity index (χ2v) is 6.14. The molecule has 1 aliphatic rings. The fourth-order valence-corrected chi connectivity index (χ4v) is 3.50. The van der Waals surface area contributed by atoms with E-state index < -0.39 is 0 Å². The number of rotatable bonds is 2. The van der Waals surface area contributed by atoms with Crippen LogP contribution < -0.4 is 0 Å². The third kappa shape index (κ3) is 2.44. The lowest BCUT2D eigenvalue weighted by atomic mass is 9.83. The molecular weight excluding hydrogens is 256 g/mol. The van der Waals surface area contributed by atoms with E-state index in [9.17, 15) is 0 Å². The predicted molar refractivity (Wildman–Crippen MR) is 91.4 cm³/mol.